The Morgan fingerprint density at radius 2 is 1.87 bits per heavy atom. The summed E-state index contributed by atoms with van der Waals surface area (Å²) in [5.41, 5.74) is 8.64. The van der Waals surface area contributed by atoms with Gasteiger partial charge in [0.2, 0.25) is 0 Å². The van der Waals surface area contributed by atoms with E-state index in [9.17, 15) is 4.79 Å². The van der Waals surface area contributed by atoms with Crippen LogP contribution in [-0.2, 0) is 4.74 Å². The smallest absolute Gasteiger partial charge is 0.337 e. The van der Waals surface area contributed by atoms with E-state index >= 15 is 0 Å². The highest BCUT2D eigenvalue weighted by molar-refractivity contribution is 5.89. The second kappa shape index (κ2) is 6.69. The van der Waals surface area contributed by atoms with Crippen molar-refractivity contribution < 1.29 is 9.53 Å². The van der Waals surface area contributed by atoms with E-state index < -0.39 is 0 Å². The quantitative estimate of drug-likeness (QED) is 0.883. The SMILES string of the molecule is COC(=O)c1ccc(N2CCC(c3ccc(N)nc3)CC2)cc1. The van der Waals surface area contributed by atoms with Crippen molar-refractivity contribution >= 4 is 17.5 Å². The van der Waals surface area contributed by atoms with Crippen LogP contribution in [0.1, 0.15) is 34.7 Å². The first kappa shape index (κ1) is 15.3. The van der Waals surface area contributed by atoms with Crippen LogP contribution in [0.25, 0.3) is 0 Å². The van der Waals surface area contributed by atoms with Crippen LogP contribution in [0.15, 0.2) is 42.6 Å². The summed E-state index contributed by atoms with van der Waals surface area (Å²) in [4.78, 5) is 18.0. The third kappa shape index (κ3) is 3.44. The van der Waals surface area contributed by atoms with E-state index in [4.69, 9.17) is 10.5 Å². The van der Waals surface area contributed by atoms with Crippen LogP contribution in [-0.4, -0.2) is 31.2 Å². The van der Waals surface area contributed by atoms with Crippen LogP contribution in [0.5, 0.6) is 0 Å². The lowest BCUT2D eigenvalue weighted by atomic mass is 9.90. The Bertz CT molecular complexity index is 660. The average molecular weight is 311 g/mol. The number of hydrogen-bond acceptors (Lipinski definition) is 5. The topological polar surface area (TPSA) is 68.5 Å². The molecule has 23 heavy (non-hydrogen) atoms. The summed E-state index contributed by atoms with van der Waals surface area (Å²) in [6, 6.07) is 11.5. The Labute approximate surface area is 136 Å². The number of pyridine rings is 1. The van der Waals surface area contributed by atoms with Crippen molar-refractivity contribution in [3.63, 3.8) is 0 Å². The van der Waals surface area contributed by atoms with Crippen LogP contribution in [0.4, 0.5) is 11.5 Å². The Kier molecular flexibility index (Phi) is 4.46. The van der Waals surface area contributed by atoms with Crippen molar-refractivity contribution in [3.8, 4) is 0 Å². The highest BCUT2D eigenvalue weighted by Crippen LogP contribution is 2.30. The van der Waals surface area contributed by atoms with Gasteiger partial charge in [-0.3, -0.25) is 0 Å². The second-order valence-corrected chi connectivity index (χ2v) is 5.82. The number of anilines is 2. The first-order valence-electron chi connectivity index (χ1n) is 7.82. The molecule has 1 aromatic carbocycles. The maximum absolute atomic E-state index is 11.5. The van der Waals surface area contributed by atoms with Crippen molar-refractivity contribution in [2.75, 3.05) is 30.8 Å². The summed E-state index contributed by atoms with van der Waals surface area (Å²) in [7, 11) is 1.40. The lowest BCUT2D eigenvalue weighted by Crippen LogP contribution is -2.32. The summed E-state index contributed by atoms with van der Waals surface area (Å²) in [6.45, 7) is 1.99. The number of rotatable bonds is 3. The number of carbonyl (C=O) groups excluding carboxylic acids is 1. The molecular formula is C18H21N3O2. The van der Waals surface area contributed by atoms with Gasteiger partial charge in [-0.25, -0.2) is 9.78 Å². The molecule has 2 N–H and O–H groups in total. The molecule has 2 heterocycles. The maximum Gasteiger partial charge on any atom is 0.337 e. The summed E-state index contributed by atoms with van der Waals surface area (Å²) < 4.78 is 4.73. The minimum Gasteiger partial charge on any atom is -0.465 e. The van der Waals surface area contributed by atoms with E-state index in [1.54, 1.807) is 0 Å². The van der Waals surface area contributed by atoms with E-state index in [1.807, 2.05) is 36.5 Å². The molecule has 1 fully saturated rings. The van der Waals surface area contributed by atoms with Crippen molar-refractivity contribution in [2.45, 2.75) is 18.8 Å². The second-order valence-electron chi connectivity index (χ2n) is 5.82. The molecule has 5 nitrogen and oxygen atoms in total. The highest BCUT2D eigenvalue weighted by atomic mass is 16.5. The zero-order valence-electron chi connectivity index (χ0n) is 13.2. The van der Waals surface area contributed by atoms with Gasteiger partial charge in [-0.15, -0.1) is 0 Å². The van der Waals surface area contributed by atoms with Gasteiger partial charge in [0.15, 0.2) is 0 Å². The summed E-state index contributed by atoms with van der Waals surface area (Å²) in [5, 5.41) is 0. The molecule has 3 rings (SSSR count). The number of nitrogens with two attached hydrogens (primary N) is 1. The van der Waals surface area contributed by atoms with Crippen molar-refractivity contribution in [1.82, 2.24) is 4.98 Å². The standard InChI is InChI=1S/C18H21N3O2/c1-23-18(22)14-2-5-16(6-3-14)21-10-8-13(9-11-21)15-4-7-17(19)20-12-15/h2-7,12-13H,8-11H2,1H3,(H2,19,20). The lowest BCUT2D eigenvalue weighted by molar-refractivity contribution is 0.0601. The Morgan fingerprint density at radius 1 is 1.17 bits per heavy atom. The highest BCUT2D eigenvalue weighted by Gasteiger charge is 2.21. The molecule has 0 bridgehead atoms. The van der Waals surface area contributed by atoms with Crippen LogP contribution in [0.2, 0.25) is 0 Å². The molecule has 0 spiro atoms. The number of methoxy groups -OCH3 is 1. The Morgan fingerprint density at radius 3 is 2.43 bits per heavy atom. The van der Waals surface area contributed by atoms with Gasteiger partial charge >= 0.3 is 5.97 Å². The number of nitrogen functional groups attached to an aromatic ring is 1. The number of piperidine rings is 1. The zero-order chi connectivity index (χ0) is 16.2. The Balaban J connectivity index is 1.62. The van der Waals surface area contributed by atoms with Gasteiger partial charge in [-0.1, -0.05) is 6.07 Å². The summed E-state index contributed by atoms with van der Waals surface area (Å²) in [5.74, 6) is 0.802. The molecule has 0 atom stereocenters. The fourth-order valence-corrected chi connectivity index (χ4v) is 3.06. The third-order valence-corrected chi connectivity index (χ3v) is 4.43. The van der Waals surface area contributed by atoms with Crippen molar-refractivity contribution in [3.05, 3.63) is 53.7 Å². The molecular weight excluding hydrogens is 290 g/mol. The molecule has 120 valence electrons. The number of nitrogens with zero attached hydrogens (tertiary/aromatic N) is 2. The number of hydrogen-bond donors (Lipinski definition) is 1. The molecule has 1 aromatic heterocycles. The molecule has 1 aliphatic heterocycles. The maximum atomic E-state index is 11.5. The molecule has 1 saturated heterocycles. The third-order valence-electron chi connectivity index (χ3n) is 4.43. The molecule has 2 aromatic rings. The molecule has 0 saturated carbocycles. The average Bonchev–Trinajstić information content (AvgIpc) is 2.62. The summed E-state index contributed by atoms with van der Waals surface area (Å²) in [6.07, 6.45) is 4.06. The normalized spacial score (nSPS) is 15.4. The zero-order valence-corrected chi connectivity index (χ0v) is 13.2. The fourth-order valence-electron chi connectivity index (χ4n) is 3.06. The molecule has 0 unspecified atom stereocenters. The van der Waals surface area contributed by atoms with Gasteiger partial charge in [0, 0.05) is 25.0 Å². The van der Waals surface area contributed by atoms with Gasteiger partial charge in [-0.05, 0) is 54.7 Å². The Hall–Kier alpha value is -2.56. The van der Waals surface area contributed by atoms with E-state index in [0.717, 1.165) is 31.6 Å². The number of benzene rings is 1. The minimum atomic E-state index is -0.300. The number of esters is 1. The van der Waals surface area contributed by atoms with Crippen LogP contribution in [0.3, 0.4) is 0 Å². The van der Waals surface area contributed by atoms with Gasteiger partial charge in [0.25, 0.3) is 0 Å². The van der Waals surface area contributed by atoms with Crippen LogP contribution in [0, 0.1) is 0 Å². The van der Waals surface area contributed by atoms with Gasteiger partial charge in [0.05, 0.1) is 12.7 Å². The van der Waals surface area contributed by atoms with E-state index in [-0.39, 0.29) is 5.97 Å². The van der Waals surface area contributed by atoms with Gasteiger partial charge in [0.1, 0.15) is 5.82 Å². The molecule has 0 radical (unpaired) electrons. The first-order valence-corrected chi connectivity index (χ1v) is 7.82. The number of aromatic nitrogens is 1. The van der Waals surface area contributed by atoms with E-state index in [0.29, 0.717) is 17.3 Å². The lowest BCUT2D eigenvalue weighted by Gasteiger charge is -2.33. The number of carbonyl (C=O) groups is 1. The molecule has 5 heteroatoms. The van der Waals surface area contributed by atoms with Gasteiger partial charge in [-0.2, -0.15) is 0 Å². The number of ether oxygens (including phenoxy) is 1. The van der Waals surface area contributed by atoms with E-state index in [1.165, 1.54) is 12.7 Å². The predicted octanol–water partition coefficient (Wildman–Crippen LogP) is 2.83. The summed E-state index contributed by atoms with van der Waals surface area (Å²) >= 11 is 0. The van der Waals surface area contributed by atoms with Crippen molar-refractivity contribution in [2.24, 2.45) is 0 Å². The minimum absolute atomic E-state index is 0.300. The largest absolute Gasteiger partial charge is 0.465 e. The predicted molar refractivity (Wildman–Crippen MR) is 90.6 cm³/mol. The van der Waals surface area contributed by atoms with Gasteiger partial charge < -0.3 is 15.4 Å². The van der Waals surface area contributed by atoms with E-state index in [2.05, 4.69) is 16.0 Å². The monoisotopic (exact) mass is 311 g/mol. The van der Waals surface area contributed by atoms with Crippen LogP contribution < -0.4 is 10.6 Å². The molecule has 0 amide bonds. The van der Waals surface area contributed by atoms with Crippen LogP contribution >= 0.6 is 0 Å². The van der Waals surface area contributed by atoms with Crippen molar-refractivity contribution in [1.29, 1.82) is 0 Å². The fraction of sp³-hybridized carbons (Fsp3) is 0.333. The first-order chi connectivity index (χ1) is 11.2. The molecule has 0 aliphatic carbocycles. The molecule has 1 aliphatic rings.